The smallest absolute Gasteiger partial charge is 0.139 e. The molecule has 1 unspecified atom stereocenters. The largest absolute Gasteiger partial charge is 0.492 e. The lowest BCUT2D eigenvalue weighted by Crippen LogP contribution is -2.34. The monoisotopic (exact) mass is 329 g/mol. The van der Waals surface area contributed by atoms with E-state index in [1.54, 1.807) is 0 Å². The van der Waals surface area contributed by atoms with Crippen molar-refractivity contribution >= 4 is 23.2 Å². The molecule has 1 aliphatic carbocycles. The van der Waals surface area contributed by atoms with Gasteiger partial charge in [-0.15, -0.1) is 0 Å². The lowest BCUT2D eigenvalue weighted by Gasteiger charge is -2.36. The highest BCUT2D eigenvalue weighted by Crippen LogP contribution is 2.49. The molecule has 21 heavy (non-hydrogen) atoms. The fourth-order valence-corrected chi connectivity index (χ4v) is 3.93. The molecule has 1 atom stereocenters. The van der Waals surface area contributed by atoms with E-state index in [9.17, 15) is 0 Å². The fraction of sp³-hybridized carbons (Fsp3) is 0.647. The van der Waals surface area contributed by atoms with Crippen LogP contribution in [0.1, 0.15) is 58.1 Å². The van der Waals surface area contributed by atoms with Gasteiger partial charge in [-0.2, -0.15) is 0 Å². The topological polar surface area (TPSA) is 21.3 Å². The lowest BCUT2D eigenvalue weighted by atomic mass is 9.77. The number of hydrogen-bond donors (Lipinski definition) is 1. The third-order valence-electron chi connectivity index (χ3n) is 4.51. The molecule has 4 heteroatoms. The van der Waals surface area contributed by atoms with E-state index in [4.69, 9.17) is 27.9 Å². The second-order valence-corrected chi connectivity index (χ2v) is 6.90. The van der Waals surface area contributed by atoms with Crippen LogP contribution < -0.4 is 10.1 Å². The maximum absolute atomic E-state index is 6.53. The molecule has 1 aromatic carbocycles. The van der Waals surface area contributed by atoms with Crippen molar-refractivity contribution in [2.75, 3.05) is 13.2 Å². The summed E-state index contributed by atoms with van der Waals surface area (Å²) in [4.78, 5) is 0. The Balaban J connectivity index is 2.38. The van der Waals surface area contributed by atoms with E-state index in [1.165, 1.54) is 25.7 Å². The number of halogens is 2. The Labute approximate surface area is 138 Å². The van der Waals surface area contributed by atoms with Gasteiger partial charge in [0.15, 0.2) is 0 Å². The molecule has 0 aliphatic heterocycles. The van der Waals surface area contributed by atoms with Gasteiger partial charge in [0.05, 0.1) is 11.6 Å². The molecular weight excluding hydrogens is 305 g/mol. The summed E-state index contributed by atoms with van der Waals surface area (Å²) in [6, 6.07) is 4.07. The highest BCUT2D eigenvalue weighted by atomic mass is 35.5. The van der Waals surface area contributed by atoms with Crippen molar-refractivity contribution in [1.82, 2.24) is 5.32 Å². The first-order chi connectivity index (χ1) is 10.0. The summed E-state index contributed by atoms with van der Waals surface area (Å²) >= 11 is 12.9. The Bertz CT molecular complexity index is 484. The van der Waals surface area contributed by atoms with Gasteiger partial charge in [-0.3, -0.25) is 0 Å². The van der Waals surface area contributed by atoms with Crippen LogP contribution in [0, 0.1) is 5.41 Å². The minimum atomic E-state index is 0.241. The maximum Gasteiger partial charge on any atom is 0.139 e. The molecule has 2 nitrogen and oxygen atoms in total. The Morgan fingerprint density at radius 2 is 1.86 bits per heavy atom. The van der Waals surface area contributed by atoms with E-state index in [1.807, 2.05) is 19.1 Å². The average Bonchev–Trinajstić information content (AvgIpc) is 2.88. The van der Waals surface area contributed by atoms with Crippen LogP contribution in [0.5, 0.6) is 5.75 Å². The number of benzene rings is 1. The van der Waals surface area contributed by atoms with Gasteiger partial charge in [0, 0.05) is 17.1 Å². The van der Waals surface area contributed by atoms with Crippen LogP contribution in [0.2, 0.25) is 10.0 Å². The Hall–Kier alpha value is -0.440. The van der Waals surface area contributed by atoms with Crippen LogP contribution in [0.25, 0.3) is 0 Å². The minimum absolute atomic E-state index is 0.241. The van der Waals surface area contributed by atoms with Crippen molar-refractivity contribution in [2.45, 2.75) is 52.5 Å². The van der Waals surface area contributed by atoms with Crippen molar-refractivity contribution in [3.8, 4) is 5.75 Å². The molecule has 1 saturated carbocycles. The Morgan fingerprint density at radius 3 is 2.43 bits per heavy atom. The van der Waals surface area contributed by atoms with Gasteiger partial charge >= 0.3 is 0 Å². The molecule has 0 bridgehead atoms. The molecule has 0 saturated heterocycles. The summed E-state index contributed by atoms with van der Waals surface area (Å²) in [7, 11) is 0. The van der Waals surface area contributed by atoms with E-state index in [0.717, 1.165) is 17.1 Å². The van der Waals surface area contributed by atoms with Gasteiger partial charge in [0.25, 0.3) is 0 Å². The molecule has 0 heterocycles. The van der Waals surface area contributed by atoms with E-state index < -0.39 is 0 Å². The molecule has 1 aromatic rings. The highest BCUT2D eigenvalue weighted by Gasteiger charge is 2.38. The Morgan fingerprint density at radius 1 is 1.19 bits per heavy atom. The molecule has 0 radical (unpaired) electrons. The van der Waals surface area contributed by atoms with Crippen LogP contribution in [0.15, 0.2) is 12.1 Å². The molecule has 0 amide bonds. The summed E-state index contributed by atoms with van der Waals surface area (Å²) in [5.74, 6) is 0.666. The standard InChI is InChI=1S/C17H25Cl2NO/c1-4-20-16(17(3)8-6-7-9-17)12-10-14(19)15(21-5-2)11-13(12)18/h10-11,16,20H,4-9H2,1-3H3. The number of rotatable bonds is 6. The van der Waals surface area contributed by atoms with E-state index >= 15 is 0 Å². The first-order valence-corrected chi connectivity index (χ1v) is 8.62. The molecule has 1 N–H and O–H groups in total. The molecule has 0 spiro atoms. The van der Waals surface area contributed by atoms with E-state index in [2.05, 4.69) is 19.2 Å². The Kier molecular flexibility index (Phi) is 5.81. The summed E-state index contributed by atoms with van der Waals surface area (Å²) < 4.78 is 5.53. The van der Waals surface area contributed by atoms with E-state index in [0.29, 0.717) is 17.4 Å². The average molecular weight is 330 g/mol. The van der Waals surface area contributed by atoms with Gasteiger partial charge in [0.1, 0.15) is 5.75 Å². The van der Waals surface area contributed by atoms with Crippen LogP contribution in [0.3, 0.4) is 0 Å². The van der Waals surface area contributed by atoms with Crippen molar-refractivity contribution < 1.29 is 4.74 Å². The quantitative estimate of drug-likeness (QED) is 0.730. The second kappa shape index (κ2) is 7.21. The summed E-state index contributed by atoms with van der Waals surface area (Å²) in [5, 5.41) is 4.99. The molecule has 1 aliphatic rings. The fourth-order valence-electron chi connectivity index (χ4n) is 3.44. The van der Waals surface area contributed by atoms with Crippen LogP contribution >= 0.6 is 23.2 Å². The van der Waals surface area contributed by atoms with Gasteiger partial charge in [-0.25, -0.2) is 0 Å². The minimum Gasteiger partial charge on any atom is -0.492 e. The lowest BCUT2D eigenvalue weighted by molar-refractivity contribution is 0.226. The summed E-state index contributed by atoms with van der Waals surface area (Å²) in [6.07, 6.45) is 5.04. The first-order valence-electron chi connectivity index (χ1n) is 7.87. The number of nitrogens with one attached hydrogen (secondary N) is 1. The van der Waals surface area contributed by atoms with Gasteiger partial charge in [0.2, 0.25) is 0 Å². The van der Waals surface area contributed by atoms with Gasteiger partial charge in [-0.1, -0.05) is 49.9 Å². The van der Waals surface area contributed by atoms with Crippen molar-refractivity contribution in [1.29, 1.82) is 0 Å². The third-order valence-corrected chi connectivity index (χ3v) is 5.14. The SMILES string of the molecule is CCNC(c1cc(Cl)c(OCC)cc1Cl)C1(C)CCCC1. The van der Waals surface area contributed by atoms with Crippen LogP contribution in [-0.2, 0) is 0 Å². The van der Waals surface area contributed by atoms with Crippen molar-refractivity contribution in [3.63, 3.8) is 0 Å². The predicted molar refractivity (Wildman–Crippen MR) is 90.6 cm³/mol. The molecule has 2 rings (SSSR count). The molecule has 1 fully saturated rings. The van der Waals surface area contributed by atoms with Crippen molar-refractivity contribution in [2.24, 2.45) is 5.41 Å². The van der Waals surface area contributed by atoms with Gasteiger partial charge < -0.3 is 10.1 Å². The van der Waals surface area contributed by atoms with E-state index in [-0.39, 0.29) is 11.5 Å². The zero-order valence-electron chi connectivity index (χ0n) is 13.1. The summed E-state index contributed by atoms with van der Waals surface area (Å²) in [5.41, 5.74) is 1.34. The second-order valence-electron chi connectivity index (χ2n) is 6.09. The molecule has 118 valence electrons. The predicted octanol–water partition coefficient (Wildman–Crippen LogP) is 5.62. The zero-order chi connectivity index (χ0) is 15.5. The zero-order valence-corrected chi connectivity index (χ0v) is 14.7. The third kappa shape index (κ3) is 3.67. The normalized spacial score (nSPS) is 18.7. The van der Waals surface area contributed by atoms with Crippen LogP contribution in [0.4, 0.5) is 0 Å². The van der Waals surface area contributed by atoms with Crippen molar-refractivity contribution in [3.05, 3.63) is 27.7 Å². The maximum atomic E-state index is 6.53. The summed E-state index contributed by atoms with van der Waals surface area (Å²) in [6.45, 7) is 7.94. The molecular formula is C17H25Cl2NO. The number of hydrogen-bond acceptors (Lipinski definition) is 2. The molecule has 0 aromatic heterocycles. The number of ether oxygens (including phenoxy) is 1. The van der Waals surface area contributed by atoms with Crippen LogP contribution in [-0.4, -0.2) is 13.2 Å². The first kappa shape index (κ1) is 16.9. The van der Waals surface area contributed by atoms with Gasteiger partial charge in [-0.05, 0) is 43.4 Å². The highest BCUT2D eigenvalue weighted by molar-refractivity contribution is 6.34.